The third-order valence-corrected chi connectivity index (χ3v) is 2.94. The summed E-state index contributed by atoms with van der Waals surface area (Å²) in [6.45, 7) is 6.30. The van der Waals surface area contributed by atoms with E-state index in [1.165, 1.54) is 0 Å². The van der Waals surface area contributed by atoms with E-state index >= 15 is 0 Å². The molecule has 17 heavy (non-hydrogen) atoms. The summed E-state index contributed by atoms with van der Waals surface area (Å²) >= 11 is 0. The van der Waals surface area contributed by atoms with Gasteiger partial charge in [0.1, 0.15) is 12.4 Å². The topological polar surface area (TPSA) is 55.5 Å². The van der Waals surface area contributed by atoms with Crippen molar-refractivity contribution < 1.29 is 9.84 Å². The number of ether oxygens (including phenoxy) is 1. The molecule has 0 bridgehead atoms. The van der Waals surface area contributed by atoms with Gasteiger partial charge in [0, 0.05) is 11.6 Å². The van der Waals surface area contributed by atoms with E-state index < -0.39 is 6.10 Å². The maximum Gasteiger partial charge on any atom is 0.124 e. The third-order valence-electron chi connectivity index (χ3n) is 2.94. The highest BCUT2D eigenvalue weighted by Crippen LogP contribution is 2.25. The largest absolute Gasteiger partial charge is 0.491 e. The van der Waals surface area contributed by atoms with Crippen LogP contribution in [0.4, 0.5) is 0 Å². The van der Waals surface area contributed by atoms with Crippen LogP contribution in [0, 0.1) is 5.92 Å². The standard InChI is InChI=1S/C14H23NO2/c1-4-12(15)11-7-5-6-8-14(11)17-9-13(16)10(2)3/h5-8,10,12-13,16H,4,9,15H2,1-3H3/t12-,13?/m0/s1. The fourth-order valence-electron chi connectivity index (χ4n) is 1.51. The minimum atomic E-state index is -0.444. The molecule has 1 aromatic carbocycles. The van der Waals surface area contributed by atoms with E-state index in [1.807, 2.05) is 45.0 Å². The summed E-state index contributed by atoms with van der Waals surface area (Å²) in [5.74, 6) is 0.976. The number of benzene rings is 1. The molecule has 0 heterocycles. The van der Waals surface area contributed by atoms with Crippen molar-refractivity contribution in [1.82, 2.24) is 0 Å². The van der Waals surface area contributed by atoms with Crippen LogP contribution in [0.3, 0.4) is 0 Å². The van der Waals surface area contributed by atoms with E-state index in [0.717, 1.165) is 17.7 Å². The van der Waals surface area contributed by atoms with E-state index in [0.29, 0.717) is 6.61 Å². The SMILES string of the molecule is CC[C@H](N)c1ccccc1OCC(O)C(C)C. The first kappa shape index (κ1) is 14.0. The van der Waals surface area contributed by atoms with Crippen LogP contribution >= 0.6 is 0 Å². The van der Waals surface area contributed by atoms with E-state index in [1.54, 1.807) is 0 Å². The summed E-state index contributed by atoms with van der Waals surface area (Å²) in [6, 6.07) is 7.74. The molecule has 0 aliphatic rings. The van der Waals surface area contributed by atoms with Crippen LogP contribution in [0.25, 0.3) is 0 Å². The second-order valence-electron chi connectivity index (χ2n) is 4.67. The zero-order valence-electron chi connectivity index (χ0n) is 10.9. The van der Waals surface area contributed by atoms with E-state index in [2.05, 4.69) is 0 Å². The maximum absolute atomic E-state index is 9.72. The molecule has 0 aromatic heterocycles. The van der Waals surface area contributed by atoms with Crippen molar-refractivity contribution >= 4 is 0 Å². The molecule has 0 radical (unpaired) electrons. The van der Waals surface area contributed by atoms with Crippen molar-refractivity contribution in [3.8, 4) is 5.75 Å². The predicted octanol–water partition coefficient (Wildman–Crippen LogP) is 2.49. The Morgan fingerprint density at radius 3 is 2.53 bits per heavy atom. The molecule has 0 saturated heterocycles. The number of para-hydroxylation sites is 1. The van der Waals surface area contributed by atoms with Gasteiger partial charge in [-0.25, -0.2) is 0 Å². The zero-order valence-corrected chi connectivity index (χ0v) is 10.9. The van der Waals surface area contributed by atoms with Crippen molar-refractivity contribution in [3.05, 3.63) is 29.8 Å². The third kappa shape index (κ3) is 4.02. The number of rotatable bonds is 6. The lowest BCUT2D eigenvalue weighted by molar-refractivity contribution is 0.0695. The smallest absolute Gasteiger partial charge is 0.124 e. The van der Waals surface area contributed by atoms with E-state index in [-0.39, 0.29) is 12.0 Å². The lowest BCUT2D eigenvalue weighted by Crippen LogP contribution is -2.24. The summed E-state index contributed by atoms with van der Waals surface area (Å²) in [4.78, 5) is 0. The summed E-state index contributed by atoms with van der Waals surface area (Å²) in [6.07, 6.45) is 0.425. The van der Waals surface area contributed by atoms with Crippen molar-refractivity contribution in [2.75, 3.05) is 6.61 Å². The van der Waals surface area contributed by atoms with Crippen LogP contribution in [-0.2, 0) is 0 Å². The molecule has 1 rings (SSSR count). The minimum absolute atomic E-state index is 0.0117. The van der Waals surface area contributed by atoms with Crippen molar-refractivity contribution in [3.63, 3.8) is 0 Å². The highest BCUT2D eigenvalue weighted by atomic mass is 16.5. The van der Waals surface area contributed by atoms with Gasteiger partial charge < -0.3 is 15.6 Å². The average Bonchev–Trinajstić information content (AvgIpc) is 2.35. The molecule has 2 atom stereocenters. The molecule has 0 amide bonds. The van der Waals surface area contributed by atoms with E-state index in [9.17, 15) is 5.11 Å². The zero-order chi connectivity index (χ0) is 12.8. The lowest BCUT2D eigenvalue weighted by atomic mass is 10.0. The van der Waals surface area contributed by atoms with Crippen LogP contribution in [0.15, 0.2) is 24.3 Å². The van der Waals surface area contributed by atoms with Gasteiger partial charge in [0.15, 0.2) is 0 Å². The van der Waals surface area contributed by atoms with Crippen molar-refractivity contribution in [1.29, 1.82) is 0 Å². The Morgan fingerprint density at radius 2 is 1.94 bits per heavy atom. The molecule has 1 unspecified atom stereocenters. The van der Waals surface area contributed by atoms with Crippen LogP contribution in [0.1, 0.15) is 38.8 Å². The molecule has 0 aliphatic heterocycles. The predicted molar refractivity (Wildman–Crippen MR) is 70.0 cm³/mol. The number of hydrogen-bond acceptors (Lipinski definition) is 3. The Bertz CT molecular complexity index is 339. The number of aliphatic hydroxyl groups excluding tert-OH is 1. The molecule has 0 spiro atoms. The summed E-state index contributed by atoms with van der Waals surface area (Å²) in [5.41, 5.74) is 7.02. The van der Waals surface area contributed by atoms with Gasteiger partial charge in [0.05, 0.1) is 6.10 Å². The van der Waals surface area contributed by atoms with Gasteiger partial charge in [-0.15, -0.1) is 0 Å². The highest BCUT2D eigenvalue weighted by Gasteiger charge is 2.13. The van der Waals surface area contributed by atoms with Gasteiger partial charge in [-0.1, -0.05) is 39.0 Å². The first-order chi connectivity index (χ1) is 8.06. The average molecular weight is 237 g/mol. The highest BCUT2D eigenvalue weighted by molar-refractivity contribution is 5.35. The molecule has 3 heteroatoms. The Labute approximate surface area is 104 Å². The second kappa shape index (κ2) is 6.62. The second-order valence-corrected chi connectivity index (χ2v) is 4.67. The monoisotopic (exact) mass is 237 g/mol. The van der Waals surface area contributed by atoms with Crippen molar-refractivity contribution in [2.24, 2.45) is 11.7 Å². The number of nitrogens with two attached hydrogens (primary N) is 1. The Balaban J connectivity index is 2.70. The quantitative estimate of drug-likeness (QED) is 0.799. The van der Waals surface area contributed by atoms with Crippen molar-refractivity contribution in [2.45, 2.75) is 39.3 Å². The molecule has 3 N–H and O–H groups in total. The first-order valence-electron chi connectivity index (χ1n) is 6.21. The van der Waals surface area contributed by atoms with Gasteiger partial charge in [-0.05, 0) is 18.4 Å². The first-order valence-corrected chi connectivity index (χ1v) is 6.21. The lowest BCUT2D eigenvalue weighted by Gasteiger charge is -2.19. The molecule has 3 nitrogen and oxygen atoms in total. The van der Waals surface area contributed by atoms with Gasteiger partial charge in [-0.3, -0.25) is 0 Å². The molecule has 0 saturated carbocycles. The Hall–Kier alpha value is -1.06. The fraction of sp³-hybridized carbons (Fsp3) is 0.571. The van der Waals surface area contributed by atoms with Crippen LogP contribution in [0.2, 0.25) is 0 Å². The minimum Gasteiger partial charge on any atom is -0.491 e. The van der Waals surface area contributed by atoms with E-state index in [4.69, 9.17) is 10.5 Å². The van der Waals surface area contributed by atoms with Gasteiger partial charge in [0.2, 0.25) is 0 Å². The Kier molecular flexibility index (Phi) is 5.45. The Morgan fingerprint density at radius 1 is 1.29 bits per heavy atom. The summed E-state index contributed by atoms with van der Waals surface area (Å²) in [5, 5.41) is 9.72. The van der Waals surface area contributed by atoms with Crippen LogP contribution in [-0.4, -0.2) is 17.8 Å². The van der Waals surface area contributed by atoms with Crippen LogP contribution in [0.5, 0.6) is 5.75 Å². The molecule has 0 aliphatic carbocycles. The molecular weight excluding hydrogens is 214 g/mol. The van der Waals surface area contributed by atoms with Gasteiger partial charge in [0.25, 0.3) is 0 Å². The normalized spacial score (nSPS) is 14.7. The number of aliphatic hydroxyl groups is 1. The maximum atomic E-state index is 9.72. The van der Waals surface area contributed by atoms with Gasteiger partial charge in [-0.2, -0.15) is 0 Å². The molecule has 96 valence electrons. The fourth-order valence-corrected chi connectivity index (χ4v) is 1.51. The summed E-state index contributed by atoms with van der Waals surface area (Å²) < 4.78 is 5.65. The molecule has 0 fully saturated rings. The molecular formula is C14H23NO2. The summed E-state index contributed by atoms with van der Waals surface area (Å²) in [7, 11) is 0. The molecule has 1 aromatic rings. The van der Waals surface area contributed by atoms with Crippen LogP contribution < -0.4 is 10.5 Å². The van der Waals surface area contributed by atoms with Gasteiger partial charge >= 0.3 is 0 Å². The number of hydrogen-bond donors (Lipinski definition) is 2.